The lowest BCUT2D eigenvalue weighted by molar-refractivity contribution is -0.150. The van der Waals surface area contributed by atoms with Gasteiger partial charge in [-0.25, -0.2) is 0 Å². The molecule has 4 heteroatoms. The van der Waals surface area contributed by atoms with Gasteiger partial charge in [0, 0.05) is 19.1 Å². The summed E-state index contributed by atoms with van der Waals surface area (Å²) in [6, 6.07) is 0.215. The molecule has 0 rings (SSSR count). The van der Waals surface area contributed by atoms with Gasteiger partial charge in [0.1, 0.15) is 5.54 Å². The summed E-state index contributed by atoms with van der Waals surface area (Å²) in [5.41, 5.74) is -0.694. The second-order valence-electron chi connectivity index (χ2n) is 6.19. The second-order valence-corrected chi connectivity index (χ2v) is 6.19. The van der Waals surface area contributed by atoms with Gasteiger partial charge in [-0.15, -0.1) is 0 Å². The predicted octanol–water partition coefficient (Wildman–Crippen LogP) is 2.76. The molecule has 0 aromatic carbocycles. The van der Waals surface area contributed by atoms with Crippen molar-refractivity contribution in [2.45, 2.75) is 72.1 Å². The number of esters is 1. The van der Waals surface area contributed by atoms with Gasteiger partial charge >= 0.3 is 5.97 Å². The molecule has 0 bridgehead atoms. The van der Waals surface area contributed by atoms with Crippen molar-refractivity contribution < 1.29 is 14.3 Å². The Morgan fingerprint density at radius 3 is 2.21 bits per heavy atom. The minimum Gasteiger partial charge on any atom is -0.468 e. The molecular weight excluding hydrogens is 242 g/mol. The number of nitrogens with one attached hydrogen (secondary N) is 1. The Morgan fingerprint density at radius 1 is 1.21 bits per heavy atom. The number of hydrogen-bond acceptors (Lipinski definition) is 4. The zero-order valence-electron chi connectivity index (χ0n) is 13.6. The quantitative estimate of drug-likeness (QED) is 0.656. The Balaban J connectivity index is 4.43. The minimum absolute atomic E-state index is 0.0223. The molecule has 2 unspecified atom stereocenters. The SMILES string of the molecule is COC(=O)C(C)(CC(C)OCCC(C)C)NC(C)C. The van der Waals surface area contributed by atoms with Gasteiger partial charge in [0.15, 0.2) is 0 Å². The molecule has 4 nitrogen and oxygen atoms in total. The van der Waals surface area contributed by atoms with Gasteiger partial charge in [-0.1, -0.05) is 13.8 Å². The Kier molecular flexibility index (Phi) is 8.26. The molecule has 0 saturated carbocycles. The molecule has 0 aliphatic rings. The number of rotatable bonds is 9. The summed E-state index contributed by atoms with van der Waals surface area (Å²) in [4.78, 5) is 11.9. The van der Waals surface area contributed by atoms with Gasteiger partial charge < -0.3 is 9.47 Å². The van der Waals surface area contributed by atoms with Gasteiger partial charge in [-0.05, 0) is 40.0 Å². The van der Waals surface area contributed by atoms with Crippen LogP contribution >= 0.6 is 0 Å². The molecule has 19 heavy (non-hydrogen) atoms. The fourth-order valence-corrected chi connectivity index (χ4v) is 2.20. The lowest BCUT2D eigenvalue weighted by Gasteiger charge is -2.32. The van der Waals surface area contributed by atoms with E-state index in [2.05, 4.69) is 19.2 Å². The van der Waals surface area contributed by atoms with Crippen LogP contribution in [0, 0.1) is 5.92 Å². The van der Waals surface area contributed by atoms with Crippen LogP contribution in [-0.4, -0.2) is 37.4 Å². The van der Waals surface area contributed by atoms with Crippen molar-refractivity contribution in [3.63, 3.8) is 0 Å². The van der Waals surface area contributed by atoms with E-state index in [4.69, 9.17) is 9.47 Å². The molecule has 1 N–H and O–H groups in total. The van der Waals surface area contributed by atoms with E-state index in [9.17, 15) is 4.79 Å². The average molecular weight is 273 g/mol. The molecule has 0 aliphatic carbocycles. The molecule has 0 fully saturated rings. The molecule has 0 saturated heterocycles. The third-order valence-corrected chi connectivity index (χ3v) is 3.04. The summed E-state index contributed by atoms with van der Waals surface area (Å²) < 4.78 is 10.7. The second kappa shape index (κ2) is 8.54. The maximum absolute atomic E-state index is 11.9. The van der Waals surface area contributed by atoms with Crippen molar-refractivity contribution in [3.8, 4) is 0 Å². The third-order valence-electron chi connectivity index (χ3n) is 3.04. The van der Waals surface area contributed by atoms with Crippen molar-refractivity contribution in [1.29, 1.82) is 0 Å². The van der Waals surface area contributed by atoms with Gasteiger partial charge in [-0.2, -0.15) is 0 Å². The van der Waals surface area contributed by atoms with Crippen molar-refractivity contribution in [3.05, 3.63) is 0 Å². The first-order chi connectivity index (χ1) is 8.71. The van der Waals surface area contributed by atoms with Crippen LogP contribution in [0.4, 0.5) is 0 Å². The maximum atomic E-state index is 11.9. The summed E-state index contributed by atoms with van der Waals surface area (Å²) in [6.07, 6.45) is 1.67. The molecular formula is C15H31NO3. The first kappa shape index (κ1) is 18.4. The highest BCUT2D eigenvalue weighted by Crippen LogP contribution is 2.18. The van der Waals surface area contributed by atoms with Crippen LogP contribution in [0.3, 0.4) is 0 Å². The molecule has 0 aromatic heterocycles. The lowest BCUT2D eigenvalue weighted by Crippen LogP contribution is -2.54. The number of carbonyl (C=O) groups is 1. The van der Waals surface area contributed by atoms with Gasteiger partial charge in [-0.3, -0.25) is 10.1 Å². The van der Waals surface area contributed by atoms with E-state index in [-0.39, 0.29) is 18.1 Å². The third kappa shape index (κ3) is 7.53. The summed E-state index contributed by atoms with van der Waals surface area (Å²) >= 11 is 0. The summed E-state index contributed by atoms with van der Waals surface area (Å²) in [5, 5.41) is 3.28. The van der Waals surface area contributed by atoms with Crippen LogP contribution in [0.2, 0.25) is 0 Å². The smallest absolute Gasteiger partial charge is 0.325 e. The Labute approximate surface area is 118 Å². The average Bonchev–Trinajstić information content (AvgIpc) is 2.25. The number of ether oxygens (including phenoxy) is 2. The highest BCUT2D eigenvalue weighted by molar-refractivity contribution is 5.80. The Bertz CT molecular complexity index is 266. The zero-order valence-corrected chi connectivity index (χ0v) is 13.6. The van der Waals surface area contributed by atoms with Crippen LogP contribution in [0.25, 0.3) is 0 Å². The molecule has 0 amide bonds. The highest BCUT2D eigenvalue weighted by Gasteiger charge is 2.36. The normalized spacial score (nSPS) is 16.5. The fraction of sp³-hybridized carbons (Fsp3) is 0.933. The molecule has 0 aliphatic heterocycles. The monoisotopic (exact) mass is 273 g/mol. The van der Waals surface area contributed by atoms with Gasteiger partial charge in [0.2, 0.25) is 0 Å². The van der Waals surface area contributed by atoms with E-state index in [1.165, 1.54) is 7.11 Å². The first-order valence-electron chi connectivity index (χ1n) is 7.19. The van der Waals surface area contributed by atoms with Crippen molar-refractivity contribution in [2.24, 2.45) is 5.92 Å². The van der Waals surface area contributed by atoms with E-state index in [1.54, 1.807) is 0 Å². The van der Waals surface area contributed by atoms with E-state index < -0.39 is 5.54 Å². The van der Waals surface area contributed by atoms with Crippen LogP contribution in [0.1, 0.15) is 54.4 Å². The largest absolute Gasteiger partial charge is 0.468 e. The molecule has 0 spiro atoms. The van der Waals surface area contributed by atoms with Crippen molar-refractivity contribution >= 4 is 5.97 Å². The fourth-order valence-electron chi connectivity index (χ4n) is 2.20. The van der Waals surface area contributed by atoms with Crippen LogP contribution < -0.4 is 5.32 Å². The number of carbonyl (C=O) groups excluding carboxylic acids is 1. The van der Waals surface area contributed by atoms with Gasteiger partial charge in [0.25, 0.3) is 0 Å². The molecule has 0 aromatic rings. The maximum Gasteiger partial charge on any atom is 0.325 e. The highest BCUT2D eigenvalue weighted by atomic mass is 16.5. The minimum atomic E-state index is -0.694. The molecule has 114 valence electrons. The molecule has 0 radical (unpaired) electrons. The zero-order chi connectivity index (χ0) is 15.1. The topological polar surface area (TPSA) is 47.6 Å². The van der Waals surface area contributed by atoms with Crippen molar-refractivity contribution in [2.75, 3.05) is 13.7 Å². The van der Waals surface area contributed by atoms with Crippen LogP contribution in [0.5, 0.6) is 0 Å². The Morgan fingerprint density at radius 2 is 1.79 bits per heavy atom. The lowest BCUT2D eigenvalue weighted by atomic mass is 9.93. The van der Waals surface area contributed by atoms with E-state index in [0.29, 0.717) is 12.3 Å². The molecule has 2 atom stereocenters. The number of methoxy groups -OCH3 is 1. The Hall–Kier alpha value is -0.610. The van der Waals surface area contributed by atoms with E-state index in [0.717, 1.165) is 13.0 Å². The number of hydrogen-bond donors (Lipinski definition) is 1. The predicted molar refractivity (Wildman–Crippen MR) is 78.2 cm³/mol. The van der Waals surface area contributed by atoms with Crippen LogP contribution in [0.15, 0.2) is 0 Å². The van der Waals surface area contributed by atoms with Crippen LogP contribution in [-0.2, 0) is 14.3 Å². The van der Waals surface area contributed by atoms with E-state index >= 15 is 0 Å². The van der Waals surface area contributed by atoms with Crippen molar-refractivity contribution in [1.82, 2.24) is 5.32 Å². The molecule has 0 heterocycles. The first-order valence-corrected chi connectivity index (χ1v) is 7.19. The van der Waals surface area contributed by atoms with Gasteiger partial charge in [0.05, 0.1) is 13.2 Å². The summed E-state index contributed by atoms with van der Waals surface area (Å²) in [6.45, 7) is 13.0. The standard InChI is InChI=1S/C15H31NO3/c1-11(2)8-9-19-13(5)10-15(6,14(17)18-7)16-12(3)4/h11-13,16H,8-10H2,1-7H3. The van der Waals surface area contributed by atoms with E-state index in [1.807, 2.05) is 27.7 Å². The summed E-state index contributed by atoms with van der Waals surface area (Å²) in [7, 11) is 1.42. The summed E-state index contributed by atoms with van der Waals surface area (Å²) in [5.74, 6) is 0.397.